The predicted molar refractivity (Wildman–Crippen MR) is 258 cm³/mol. The number of hydrogen-bond donors (Lipinski definition) is 1. The lowest BCUT2D eigenvalue weighted by atomic mass is 9.92. The van der Waals surface area contributed by atoms with E-state index in [-0.39, 0.29) is 94.6 Å². The molecule has 66 heavy (non-hydrogen) atoms. The Balaban J connectivity index is 4.93. The Kier molecular flexibility index (Phi) is 41.0. The number of aliphatic hydroxyl groups excluding tert-OH is 1. The van der Waals surface area contributed by atoms with E-state index < -0.39 is 29.9 Å². The Morgan fingerprint density at radius 1 is 0.348 bits per heavy atom. The molecule has 0 aromatic heterocycles. The fraction of sp³-hybridized carbons (Fsp3) is 0.887. The van der Waals surface area contributed by atoms with Crippen LogP contribution in [0.3, 0.4) is 0 Å². The molecule has 3 atom stereocenters. The second kappa shape index (κ2) is 43.1. The van der Waals surface area contributed by atoms with Crippen molar-refractivity contribution in [2.75, 3.05) is 26.4 Å². The molecule has 0 fully saturated rings. The summed E-state index contributed by atoms with van der Waals surface area (Å²) < 4.78 is 33.2. The first-order valence-corrected chi connectivity index (χ1v) is 26.5. The smallest absolute Gasteiger partial charge is 0.306 e. The summed E-state index contributed by atoms with van der Waals surface area (Å²) in [5.74, 6) is -2.29. The van der Waals surface area contributed by atoms with Gasteiger partial charge in [-0.05, 0) is 97.8 Å². The van der Waals surface area contributed by atoms with Gasteiger partial charge < -0.3 is 33.5 Å². The van der Waals surface area contributed by atoms with Crippen molar-refractivity contribution in [3.63, 3.8) is 0 Å². The van der Waals surface area contributed by atoms with Crippen molar-refractivity contribution in [2.45, 2.75) is 272 Å². The van der Waals surface area contributed by atoms with Gasteiger partial charge in [0.05, 0.1) is 30.3 Å². The van der Waals surface area contributed by atoms with Crippen molar-refractivity contribution >= 4 is 35.8 Å². The van der Waals surface area contributed by atoms with Crippen molar-refractivity contribution in [2.24, 2.45) is 5.41 Å². The van der Waals surface area contributed by atoms with Gasteiger partial charge in [-0.25, -0.2) is 0 Å². The van der Waals surface area contributed by atoms with Crippen molar-refractivity contribution in [1.82, 2.24) is 0 Å². The molecule has 0 heterocycles. The van der Waals surface area contributed by atoms with E-state index >= 15 is 0 Å². The van der Waals surface area contributed by atoms with Gasteiger partial charge in [-0.15, -0.1) is 0 Å². The molecule has 0 bridgehead atoms. The molecule has 0 saturated carbocycles. The third-order valence-corrected chi connectivity index (χ3v) is 11.9. The van der Waals surface area contributed by atoms with Crippen molar-refractivity contribution < 1.29 is 62.3 Å². The van der Waals surface area contributed by atoms with Crippen LogP contribution >= 0.6 is 0 Å². The summed E-state index contributed by atoms with van der Waals surface area (Å²) in [5.41, 5.74) is -1.38. The number of carbonyl (C=O) groups excluding carboxylic acids is 6. The maximum absolute atomic E-state index is 12.8. The molecular weight excluding hydrogens is 845 g/mol. The van der Waals surface area contributed by atoms with E-state index in [1.54, 1.807) is 0 Å². The molecule has 0 radical (unpaired) electrons. The first-order chi connectivity index (χ1) is 31.8. The zero-order chi connectivity index (χ0) is 49.1. The molecule has 0 aromatic carbocycles. The minimum atomic E-state index is -1.38. The van der Waals surface area contributed by atoms with E-state index in [1.807, 2.05) is 20.8 Å². The van der Waals surface area contributed by atoms with Gasteiger partial charge in [0, 0.05) is 38.5 Å². The molecule has 386 valence electrons. The van der Waals surface area contributed by atoms with E-state index in [0.29, 0.717) is 57.8 Å². The van der Waals surface area contributed by atoms with Crippen LogP contribution in [0.2, 0.25) is 0 Å². The van der Waals surface area contributed by atoms with Gasteiger partial charge in [0.2, 0.25) is 0 Å². The summed E-state index contributed by atoms with van der Waals surface area (Å²) in [6.07, 6.45) is 25.7. The molecular formula is C53H96O13. The molecule has 3 unspecified atom stereocenters. The van der Waals surface area contributed by atoms with E-state index in [9.17, 15) is 33.9 Å². The molecule has 13 heteroatoms. The lowest BCUT2D eigenvalue weighted by Crippen LogP contribution is -2.42. The quantitative estimate of drug-likeness (QED) is 0.0347. The lowest BCUT2D eigenvalue weighted by Gasteiger charge is -2.30. The minimum Gasteiger partial charge on any atom is -0.465 e. The average Bonchev–Trinajstić information content (AvgIpc) is 3.28. The van der Waals surface area contributed by atoms with Crippen molar-refractivity contribution in [3.8, 4) is 0 Å². The van der Waals surface area contributed by atoms with Crippen LogP contribution in [0.25, 0.3) is 0 Å². The maximum atomic E-state index is 12.8. The zero-order valence-electron chi connectivity index (χ0n) is 42.7. The van der Waals surface area contributed by atoms with Gasteiger partial charge in [0.15, 0.2) is 0 Å². The molecule has 0 aliphatic heterocycles. The topological polar surface area (TPSA) is 178 Å². The standard InChI is InChI=1S/C53H96O13/c1-7-10-13-16-22-31-44(4)64-50(58)37-28-19-25-34-47(55)61-41-53(40-54,42-62-48(56)35-26-20-29-38-51(59)65-45(5)32-23-17-14-11-8-2)43-63-49(57)36-27-21-30-39-52(60)66-46(6)33-24-18-15-12-9-3/h44-46,54H,7-43H2,1-6H3. The van der Waals surface area contributed by atoms with Crippen molar-refractivity contribution in [3.05, 3.63) is 0 Å². The summed E-state index contributed by atoms with van der Waals surface area (Å²) in [7, 11) is 0. The molecule has 0 amide bonds. The Hall–Kier alpha value is -3.22. The Morgan fingerprint density at radius 2 is 0.576 bits per heavy atom. The normalized spacial score (nSPS) is 13.5. The van der Waals surface area contributed by atoms with E-state index in [0.717, 1.165) is 57.8 Å². The SMILES string of the molecule is CCCCCCCC(C)OC(=O)CCCCCC(=O)OCC(CO)(COC(=O)CCCCCC(=O)OC(C)CCCCCCC)COC(=O)CCCCCC(=O)OC(C)CCCCCCC. The summed E-state index contributed by atoms with van der Waals surface area (Å²) >= 11 is 0. The van der Waals surface area contributed by atoms with Gasteiger partial charge >= 0.3 is 35.8 Å². The average molecular weight is 941 g/mol. The molecule has 0 saturated heterocycles. The Labute approximate surface area is 400 Å². The summed E-state index contributed by atoms with van der Waals surface area (Å²) in [6, 6.07) is 0. The van der Waals surface area contributed by atoms with Crippen LogP contribution in [-0.4, -0.2) is 85.7 Å². The first kappa shape index (κ1) is 62.8. The van der Waals surface area contributed by atoms with Gasteiger partial charge in [-0.1, -0.05) is 117 Å². The van der Waals surface area contributed by atoms with Crippen LogP contribution in [0.15, 0.2) is 0 Å². The highest BCUT2D eigenvalue weighted by atomic mass is 16.6. The number of esters is 6. The minimum absolute atomic E-state index is 0.0846. The fourth-order valence-electron chi connectivity index (χ4n) is 7.46. The Morgan fingerprint density at radius 3 is 0.818 bits per heavy atom. The fourth-order valence-corrected chi connectivity index (χ4v) is 7.46. The largest absolute Gasteiger partial charge is 0.465 e. The first-order valence-electron chi connectivity index (χ1n) is 26.5. The number of ether oxygens (including phenoxy) is 6. The lowest BCUT2D eigenvalue weighted by molar-refractivity contribution is -0.165. The highest BCUT2D eigenvalue weighted by molar-refractivity contribution is 5.71. The van der Waals surface area contributed by atoms with Crippen LogP contribution in [0.5, 0.6) is 0 Å². The highest BCUT2D eigenvalue weighted by Crippen LogP contribution is 2.22. The third-order valence-electron chi connectivity index (χ3n) is 11.9. The number of carbonyl (C=O) groups is 6. The van der Waals surface area contributed by atoms with E-state index in [2.05, 4.69) is 20.8 Å². The van der Waals surface area contributed by atoms with Crippen LogP contribution < -0.4 is 0 Å². The van der Waals surface area contributed by atoms with Gasteiger partial charge in [0.1, 0.15) is 19.8 Å². The summed E-state index contributed by atoms with van der Waals surface area (Å²) in [4.78, 5) is 75.3. The van der Waals surface area contributed by atoms with Gasteiger partial charge in [-0.3, -0.25) is 28.8 Å². The van der Waals surface area contributed by atoms with Crippen LogP contribution in [0, 0.1) is 5.41 Å². The van der Waals surface area contributed by atoms with Gasteiger partial charge in [0.25, 0.3) is 0 Å². The maximum Gasteiger partial charge on any atom is 0.306 e. The monoisotopic (exact) mass is 941 g/mol. The van der Waals surface area contributed by atoms with Crippen LogP contribution in [0.4, 0.5) is 0 Å². The highest BCUT2D eigenvalue weighted by Gasteiger charge is 2.35. The molecule has 0 spiro atoms. The molecule has 0 rings (SSSR count). The number of hydrogen-bond acceptors (Lipinski definition) is 13. The number of unbranched alkanes of at least 4 members (excludes halogenated alkanes) is 18. The zero-order valence-corrected chi connectivity index (χ0v) is 42.7. The molecule has 0 aliphatic rings. The third kappa shape index (κ3) is 38.8. The summed E-state index contributed by atoms with van der Waals surface area (Å²) in [5, 5.41) is 10.5. The van der Waals surface area contributed by atoms with Gasteiger partial charge in [-0.2, -0.15) is 0 Å². The van der Waals surface area contributed by atoms with E-state index in [1.165, 1.54) is 57.8 Å². The number of rotatable bonds is 46. The molecule has 13 nitrogen and oxygen atoms in total. The molecule has 0 aromatic rings. The number of aliphatic hydroxyl groups is 1. The molecule has 0 aliphatic carbocycles. The Bertz CT molecular complexity index is 1110. The van der Waals surface area contributed by atoms with E-state index in [4.69, 9.17) is 28.4 Å². The second-order valence-corrected chi connectivity index (χ2v) is 18.8. The van der Waals surface area contributed by atoms with Crippen LogP contribution in [0.1, 0.15) is 253 Å². The van der Waals surface area contributed by atoms with Crippen LogP contribution in [-0.2, 0) is 57.2 Å². The second-order valence-electron chi connectivity index (χ2n) is 18.8. The predicted octanol–water partition coefficient (Wildman–Crippen LogP) is 12.3. The van der Waals surface area contributed by atoms with Crippen molar-refractivity contribution in [1.29, 1.82) is 0 Å². The summed E-state index contributed by atoms with van der Waals surface area (Å²) in [6.45, 7) is 10.7. The molecule has 1 N–H and O–H groups in total.